The van der Waals surface area contributed by atoms with E-state index in [9.17, 15) is 9.59 Å². The van der Waals surface area contributed by atoms with Crippen molar-refractivity contribution >= 4 is 29.7 Å². The smallest absolute Gasteiger partial charge is 0.416 e. The van der Waals surface area contributed by atoms with E-state index in [0.717, 1.165) is 25.7 Å². The van der Waals surface area contributed by atoms with Gasteiger partial charge in [0.25, 0.3) is 0 Å². The number of amides is 3. The number of nitrogens with one attached hydrogen (secondary N) is 1. The second-order valence-corrected chi connectivity index (χ2v) is 5.75. The average molecular weight is 319 g/mol. The minimum atomic E-state index is -0.594. The summed E-state index contributed by atoms with van der Waals surface area (Å²) in [5.74, 6) is 0.196. The van der Waals surface area contributed by atoms with Crippen LogP contribution in [-0.2, 0) is 4.74 Å². The van der Waals surface area contributed by atoms with E-state index in [1.54, 1.807) is 19.0 Å². The fourth-order valence-corrected chi connectivity index (χ4v) is 2.57. The summed E-state index contributed by atoms with van der Waals surface area (Å²) in [6.45, 7) is 0. The molecule has 0 aromatic heterocycles. The highest BCUT2D eigenvalue weighted by molar-refractivity contribution is 6.21. The largest absolute Gasteiger partial charge is 0.452 e. The van der Waals surface area contributed by atoms with Crippen LogP contribution in [0.1, 0.15) is 25.7 Å². The number of halogens is 1. The molecule has 0 aliphatic heterocycles. The van der Waals surface area contributed by atoms with Gasteiger partial charge >= 0.3 is 12.1 Å². The molecule has 2 atom stereocenters. The molecule has 1 aliphatic carbocycles. The zero-order chi connectivity index (χ0) is 16.0. The lowest BCUT2D eigenvalue weighted by atomic mass is 9.95. The van der Waals surface area contributed by atoms with Crippen molar-refractivity contribution in [1.29, 1.82) is 0 Å². The standard InChI is InChI=1S/C13H23ClN4O3/c1-17(2)12(18(3)13(20)21-4)16-11(19)15-10-8-6-5-7-9(10)14/h9-10H,5-8H2,1-4H3,(H,15,19)/b16-12+. The first-order chi connectivity index (χ1) is 9.86. The lowest BCUT2D eigenvalue weighted by Crippen LogP contribution is -2.45. The highest BCUT2D eigenvalue weighted by Crippen LogP contribution is 2.23. The summed E-state index contributed by atoms with van der Waals surface area (Å²) in [5.41, 5.74) is 0. The molecule has 1 saturated carbocycles. The molecule has 7 nitrogen and oxygen atoms in total. The zero-order valence-corrected chi connectivity index (χ0v) is 13.7. The Morgan fingerprint density at radius 1 is 1.24 bits per heavy atom. The normalized spacial score (nSPS) is 22.4. The molecular formula is C13H23ClN4O3. The number of urea groups is 1. The van der Waals surface area contributed by atoms with Crippen molar-refractivity contribution < 1.29 is 14.3 Å². The molecule has 1 rings (SSSR count). The van der Waals surface area contributed by atoms with Crippen molar-refractivity contribution in [2.75, 3.05) is 28.3 Å². The second kappa shape index (κ2) is 8.07. The van der Waals surface area contributed by atoms with Crippen LogP contribution in [0, 0.1) is 0 Å². The summed E-state index contributed by atoms with van der Waals surface area (Å²) >= 11 is 6.20. The van der Waals surface area contributed by atoms with Gasteiger partial charge in [0.15, 0.2) is 0 Å². The van der Waals surface area contributed by atoms with E-state index in [0.29, 0.717) is 0 Å². The Hall–Kier alpha value is -1.50. The summed E-state index contributed by atoms with van der Waals surface area (Å²) in [5, 5.41) is 2.73. The van der Waals surface area contributed by atoms with Crippen molar-refractivity contribution in [2.24, 2.45) is 4.99 Å². The second-order valence-electron chi connectivity index (χ2n) is 5.19. The van der Waals surface area contributed by atoms with Gasteiger partial charge in [0.1, 0.15) is 0 Å². The lowest BCUT2D eigenvalue weighted by molar-refractivity contribution is 0.149. The summed E-state index contributed by atoms with van der Waals surface area (Å²) in [6, 6.07) is -0.587. The molecule has 1 N–H and O–H groups in total. The number of nitrogens with zero attached hydrogens (tertiary/aromatic N) is 3. The summed E-state index contributed by atoms with van der Waals surface area (Å²) in [4.78, 5) is 30.2. The number of guanidine groups is 1. The van der Waals surface area contributed by atoms with Gasteiger partial charge in [-0.2, -0.15) is 4.99 Å². The molecule has 0 spiro atoms. The summed E-state index contributed by atoms with van der Waals surface area (Å²) in [6.07, 6.45) is 3.26. The molecule has 0 aromatic rings. The fourth-order valence-electron chi connectivity index (χ4n) is 2.22. The predicted octanol–water partition coefficient (Wildman–Crippen LogP) is 1.86. The Labute approximate surface area is 130 Å². The third-order valence-electron chi connectivity index (χ3n) is 3.34. The third-order valence-corrected chi connectivity index (χ3v) is 3.86. The number of carbonyl (C=O) groups is 2. The zero-order valence-electron chi connectivity index (χ0n) is 12.9. The van der Waals surface area contributed by atoms with Crippen LogP contribution >= 0.6 is 11.6 Å². The van der Waals surface area contributed by atoms with Crippen molar-refractivity contribution in [1.82, 2.24) is 15.1 Å². The molecule has 0 saturated heterocycles. The van der Waals surface area contributed by atoms with Crippen molar-refractivity contribution in [3.05, 3.63) is 0 Å². The van der Waals surface area contributed by atoms with Gasteiger partial charge in [0.2, 0.25) is 5.96 Å². The van der Waals surface area contributed by atoms with Gasteiger partial charge in [0, 0.05) is 27.2 Å². The Bertz CT molecular complexity index is 414. The third kappa shape index (κ3) is 5.08. The number of alkyl halides is 1. The Morgan fingerprint density at radius 3 is 2.38 bits per heavy atom. The van der Waals surface area contributed by atoms with Gasteiger partial charge < -0.3 is 15.0 Å². The summed E-state index contributed by atoms with van der Waals surface area (Å²) in [7, 11) is 6.14. The maximum Gasteiger partial charge on any atom is 0.416 e. The lowest BCUT2D eigenvalue weighted by Gasteiger charge is -2.28. The van der Waals surface area contributed by atoms with E-state index >= 15 is 0 Å². The highest BCUT2D eigenvalue weighted by Gasteiger charge is 2.25. The molecule has 0 radical (unpaired) electrons. The van der Waals surface area contributed by atoms with E-state index in [4.69, 9.17) is 11.6 Å². The number of carbonyl (C=O) groups excluding carboxylic acids is 2. The van der Waals surface area contributed by atoms with E-state index in [-0.39, 0.29) is 17.4 Å². The van der Waals surface area contributed by atoms with Gasteiger partial charge in [-0.3, -0.25) is 4.90 Å². The van der Waals surface area contributed by atoms with Gasteiger partial charge in [-0.15, -0.1) is 11.6 Å². The SMILES string of the molecule is COC(=O)N(C)/C(=N/C(=O)NC1CCCCC1Cl)N(C)C. The first-order valence-corrected chi connectivity index (χ1v) is 7.32. The monoisotopic (exact) mass is 318 g/mol. The van der Waals surface area contributed by atoms with E-state index in [1.165, 1.54) is 19.1 Å². The van der Waals surface area contributed by atoms with E-state index < -0.39 is 12.1 Å². The molecule has 0 heterocycles. The van der Waals surface area contributed by atoms with Crippen LogP contribution in [0.4, 0.5) is 9.59 Å². The quantitative estimate of drug-likeness (QED) is 0.455. The van der Waals surface area contributed by atoms with Gasteiger partial charge in [-0.25, -0.2) is 9.59 Å². The molecule has 120 valence electrons. The van der Waals surface area contributed by atoms with Gasteiger partial charge in [-0.05, 0) is 12.8 Å². The molecule has 0 aromatic carbocycles. The van der Waals surface area contributed by atoms with Gasteiger partial charge in [0.05, 0.1) is 12.5 Å². The number of rotatable bonds is 1. The minimum Gasteiger partial charge on any atom is -0.452 e. The van der Waals surface area contributed by atoms with Crippen molar-refractivity contribution in [3.8, 4) is 0 Å². The Balaban J connectivity index is 2.75. The first kappa shape index (κ1) is 17.6. The Kier molecular flexibility index (Phi) is 6.74. The predicted molar refractivity (Wildman–Crippen MR) is 81.7 cm³/mol. The van der Waals surface area contributed by atoms with E-state index in [2.05, 4.69) is 15.0 Å². The number of hydrogen-bond donors (Lipinski definition) is 1. The maximum absolute atomic E-state index is 12.0. The van der Waals surface area contributed by atoms with Crippen LogP contribution in [0.2, 0.25) is 0 Å². The maximum atomic E-state index is 12.0. The van der Waals surface area contributed by atoms with E-state index in [1.807, 2.05) is 0 Å². The number of methoxy groups -OCH3 is 1. The van der Waals surface area contributed by atoms with Crippen LogP contribution in [0.25, 0.3) is 0 Å². The van der Waals surface area contributed by atoms with Crippen LogP contribution in [0.5, 0.6) is 0 Å². The van der Waals surface area contributed by atoms with Crippen molar-refractivity contribution in [2.45, 2.75) is 37.1 Å². The number of ether oxygens (including phenoxy) is 1. The average Bonchev–Trinajstić information content (AvgIpc) is 2.45. The Morgan fingerprint density at radius 2 is 1.86 bits per heavy atom. The molecule has 21 heavy (non-hydrogen) atoms. The highest BCUT2D eigenvalue weighted by atomic mass is 35.5. The minimum absolute atomic E-state index is 0.0703. The first-order valence-electron chi connectivity index (χ1n) is 6.89. The van der Waals surface area contributed by atoms with Crippen molar-refractivity contribution in [3.63, 3.8) is 0 Å². The fraction of sp³-hybridized carbons (Fsp3) is 0.769. The molecule has 0 bridgehead atoms. The molecule has 2 unspecified atom stereocenters. The van der Waals surface area contributed by atoms with Crippen LogP contribution in [-0.4, -0.2) is 67.6 Å². The summed E-state index contributed by atoms with van der Waals surface area (Å²) < 4.78 is 4.62. The number of hydrogen-bond acceptors (Lipinski definition) is 3. The molecule has 8 heteroatoms. The molecule has 1 aliphatic rings. The molecule has 3 amide bonds. The molecular weight excluding hydrogens is 296 g/mol. The van der Waals surface area contributed by atoms with Crippen LogP contribution in [0.15, 0.2) is 4.99 Å². The molecule has 1 fully saturated rings. The number of aliphatic imine (C=N–C) groups is 1. The van der Waals surface area contributed by atoms with Crippen LogP contribution < -0.4 is 5.32 Å². The topological polar surface area (TPSA) is 74.2 Å². The van der Waals surface area contributed by atoms with Crippen LogP contribution in [0.3, 0.4) is 0 Å². The van der Waals surface area contributed by atoms with Gasteiger partial charge in [-0.1, -0.05) is 12.8 Å².